The van der Waals surface area contributed by atoms with Crippen molar-refractivity contribution in [2.24, 2.45) is 0 Å². The Hall–Kier alpha value is -2.94. The molecule has 3 aromatic rings. The first-order valence-electron chi connectivity index (χ1n) is 6.97. The average molecular weight is 342 g/mol. The number of aromatic nitrogens is 5. The second-order valence-corrected chi connectivity index (χ2v) is 5.47. The summed E-state index contributed by atoms with van der Waals surface area (Å²) in [5, 5.41) is 7.32. The zero-order valence-electron chi connectivity index (χ0n) is 13.0. The lowest BCUT2D eigenvalue weighted by Gasteiger charge is -2.09. The Kier molecular flexibility index (Phi) is 4.71. The molecule has 0 aliphatic carbocycles. The summed E-state index contributed by atoms with van der Waals surface area (Å²) in [5.74, 6) is 1.43. The largest absolute Gasteiger partial charge is 0.439 e. The van der Waals surface area contributed by atoms with E-state index in [4.69, 9.17) is 4.74 Å². The zero-order valence-corrected chi connectivity index (χ0v) is 13.8. The molecule has 24 heavy (non-hydrogen) atoms. The normalized spacial score (nSPS) is 10.4. The second-order valence-electron chi connectivity index (χ2n) is 4.70. The van der Waals surface area contributed by atoms with Crippen LogP contribution < -0.4 is 10.1 Å². The number of nitrogens with one attached hydrogen (secondary N) is 1. The standard InChI is InChI=1S/C15H14N6O2S/c1-10(22)18-11-3-5-12(6-4-11)23-14-7-13(19-15(20-14)24-2)21-9-16-8-17-21/h3-9H,1-2H3,(H,18,22). The molecule has 0 saturated heterocycles. The van der Waals surface area contributed by atoms with E-state index in [1.54, 1.807) is 36.7 Å². The van der Waals surface area contributed by atoms with Crippen LogP contribution >= 0.6 is 11.8 Å². The summed E-state index contributed by atoms with van der Waals surface area (Å²) in [6.07, 6.45) is 4.87. The van der Waals surface area contributed by atoms with Crippen LogP contribution in [-0.2, 0) is 4.79 Å². The van der Waals surface area contributed by atoms with Gasteiger partial charge in [-0.2, -0.15) is 10.1 Å². The second kappa shape index (κ2) is 7.09. The molecule has 1 amide bonds. The first-order chi connectivity index (χ1) is 11.6. The van der Waals surface area contributed by atoms with E-state index in [-0.39, 0.29) is 5.91 Å². The molecule has 0 aliphatic heterocycles. The molecule has 2 aromatic heterocycles. The van der Waals surface area contributed by atoms with Crippen LogP contribution in [0.25, 0.3) is 5.82 Å². The summed E-state index contributed by atoms with van der Waals surface area (Å²) in [4.78, 5) is 23.6. The number of benzene rings is 1. The highest BCUT2D eigenvalue weighted by atomic mass is 32.2. The minimum Gasteiger partial charge on any atom is -0.439 e. The molecule has 122 valence electrons. The van der Waals surface area contributed by atoms with Crippen molar-refractivity contribution < 1.29 is 9.53 Å². The van der Waals surface area contributed by atoms with Gasteiger partial charge in [0.1, 0.15) is 18.4 Å². The molecule has 0 radical (unpaired) electrons. The number of hydrogen-bond donors (Lipinski definition) is 1. The summed E-state index contributed by atoms with van der Waals surface area (Å²) in [6.45, 7) is 1.46. The quantitative estimate of drug-likeness (QED) is 0.562. The van der Waals surface area contributed by atoms with Crippen molar-refractivity contribution in [2.75, 3.05) is 11.6 Å². The van der Waals surface area contributed by atoms with Gasteiger partial charge in [-0.1, -0.05) is 11.8 Å². The molecule has 0 atom stereocenters. The van der Waals surface area contributed by atoms with Crippen molar-refractivity contribution in [1.29, 1.82) is 0 Å². The molecule has 0 aliphatic rings. The fraction of sp³-hybridized carbons (Fsp3) is 0.133. The molecular weight excluding hydrogens is 328 g/mol. The molecule has 0 saturated carbocycles. The highest BCUT2D eigenvalue weighted by Crippen LogP contribution is 2.24. The molecule has 1 aromatic carbocycles. The smallest absolute Gasteiger partial charge is 0.225 e. The van der Waals surface area contributed by atoms with Crippen LogP contribution in [0.4, 0.5) is 5.69 Å². The SMILES string of the molecule is CSc1nc(Oc2ccc(NC(C)=O)cc2)cc(-n2cncn2)n1. The maximum Gasteiger partial charge on any atom is 0.225 e. The Labute approximate surface area is 142 Å². The number of nitrogens with zero attached hydrogens (tertiary/aromatic N) is 5. The topological polar surface area (TPSA) is 94.8 Å². The Balaban J connectivity index is 1.84. The van der Waals surface area contributed by atoms with Crippen LogP contribution in [0.3, 0.4) is 0 Å². The summed E-state index contributed by atoms with van der Waals surface area (Å²) in [6, 6.07) is 8.69. The van der Waals surface area contributed by atoms with Gasteiger partial charge in [0, 0.05) is 18.7 Å². The van der Waals surface area contributed by atoms with Crippen molar-refractivity contribution in [3.8, 4) is 17.4 Å². The molecule has 0 fully saturated rings. The first kappa shape index (κ1) is 15.9. The number of amides is 1. The van der Waals surface area contributed by atoms with E-state index < -0.39 is 0 Å². The summed E-state index contributed by atoms with van der Waals surface area (Å²) in [7, 11) is 0. The third kappa shape index (κ3) is 3.87. The average Bonchev–Trinajstić information content (AvgIpc) is 3.10. The molecule has 0 bridgehead atoms. The van der Waals surface area contributed by atoms with Gasteiger partial charge in [-0.3, -0.25) is 4.79 Å². The van der Waals surface area contributed by atoms with Crippen LogP contribution in [0.5, 0.6) is 11.6 Å². The molecule has 3 rings (SSSR count). The van der Waals surface area contributed by atoms with E-state index in [2.05, 4.69) is 25.4 Å². The lowest BCUT2D eigenvalue weighted by Crippen LogP contribution is -2.05. The van der Waals surface area contributed by atoms with Gasteiger partial charge in [0.15, 0.2) is 11.0 Å². The number of hydrogen-bond acceptors (Lipinski definition) is 7. The van der Waals surface area contributed by atoms with E-state index in [9.17, 15) is 4.79 Å². The van der Waals surface area contributed by atoms with Crippen molar-refractivity contribution >= 4 is 23.4 Å². The number of anilines is 1. The van der Waals surface area contributed by atoms with Crippen molar-refractivity contribution in [1.82, 2.24) is 24.7 Å². The molecule has 0 unspecified atom stereocenters. The van der Waals surface area contributed by atoms with E-state index in [0.717, 1.165) is 0 Å². The van der Waals surface area contributed by atoms with Crippen molar-refractivity contribution in [3.63, 3.8) is 0 Å². The van der Waals surface area contributed by atoms with Crippen LogP contribution in [0.2, 0.25) is 0 Å². The van der Waals surface area contributed by atoms with Gasteiger partial charge in [0.2, 0.25) is 11.8 Å². The Morgan fingerprint density at radius 2 is 2.04 bits per heavy atom. The molecule has 1 N–H and O–H groups in total. The predicted molar refractivity (Wildman–Crippen MR) is 89.5 cm³/mol. The fourth-order valence-electron chi connectivity index (χ4n) is 1.91. The molecule has 9 heteroatoms. The molecule has 2 heterocycles. The van der Waals surface area contributed by atoms with Gasteiger partial charge in [0.25, 0.3) is 0 Å². The van der Waals surface area contributed by atoms with Crippen molar-refractivity contribution in [3.05, 3.63) is 43.0 Å². The van der Waals surface area contributed by atoms with Crippen LogP contribution in [0, 0.1) is 0 Å². The first-order valence-corrected chi connectivity index (χ1v) is 8.20. The summed E-state index contributed by atoms with van der Waals surface area (Å²) in [5.41, 5.74) is 0.700. The van der Waals surface area contributed by atoms with Gasteiger partial charge in [0.05, 0.1) is 0 Å². The van der Waals surface area contributed by atoms with Gasteiger partial charge in [-0.25, -0.2) is 14.6 Å². The van der Waals surface area contributed by atoms with Gasteiger partial charge in [-0.05, 0) is 30.5 Å². The third-order valence-corrected chi connectivity index (χ3v) is 3.45. The number of rotatable bonds is 5. The maximum absolute atomic E-state index is 11.0. The van der Waals surface area contributed by atoms with E-state index in [1.807, 2.05) is 6.26 Å². The highest BCUT2D eigenvalue weighted by molar-refractivity contribution is 7.98. The lowest BCUT2D eigenvalue weighted by atomic mass is 10.3. The lowest BCUT2D eigenvalue weighted by molar-refractivity contribution is -0.114. The van der Waals surface area contributed by atoms with Gasteiger partial charge >= 0.3 is 0 Å². The highest BCUT2D eigenvalue weighted by Gasteiger charge is 2.08. The van der Waals surface area contributed by atoms with Crippen LogP contribution in [0.15, 0.2) is 48.1 Å². The third-order valence-electron chi connectivity index (χ3n) is 2.90. The zero-order chi connectivity index (χ0) is 16.9. The monoisotopic (exact) mass is 342 g/mol. The van der Waals surface area contributed by atoms with Gasteiger partial charge in [-0.15, -0.1) is 0 Å². The van der Waals surface area contributed by atoms with Gasteiger partial charge < -0.3 is 10.1 Å². The van der Waals surface area contributed by atoms with Crippen LogP contribution in [0.1, 0.15) is 6.92 Å². The Morgan fingerprint density at radius 1 is 1.25 bits per heavy atom. The molecule has 0 spiro atoms. The van der Waals surface area contributed by atoms with Crippen LogP contribution in [-0.4, -0.2) is 36.9 Å². The minimum atomic E-state index is -0.124. The Morgan fingerprint density at radius 3 is 2.67 bits per heavy atom. The van der Waals surface area contributed by atoms with E-state index in [1.165, 1.54) is 29.7 Å². The number of ether oxygens (including phenoxy) is 1. The minimum absolute atomic E-state index is 0.124. The maximum atomic E-state index is 11.0. The Bertz CT molecular complexity index is 836. The predicted octanol–water partition coefficient (Wildman–Crippen LogP) is 2.53. The van der Waals surface area contributed by atoms with E-state index >= 15 is 0 Å². The fourth-order valence-corrected chi connectivity index (χ4v) is 2.28. The number of carbonyl (C=O) groups is 1. The van der Waals surface area contributed by atoms with E-state index in [0.29, 0.717) is 28.3 Å². The molecular formula is C15H14N6O2S. The summed E-state index contributed by atoms with van der Waals surface area (Å²) < 4.78 is 7.32. The number of thioether (sulfide) groups is 1. The summed E-state index contributed by atoms with van der Waals surface area (Å²) >= 11 is 1.40. The number of carbonyl (C=O) groups excluding carboxylic acids is 1. The molecule has 8 nitrogen and oxygen atoms in total. The van der Waals surface area contributed by atoms with Crippen molar-refractivity contribution in [2.45, 2.75) is 12.1 Å².